The van der Waals surface area contributed by atoms with Crippen molar-refractivity contribution in [1.29, 1.82) is 0 Å². The van der Waals surface area contributed by atoms with Crippen molar-refractivity contribution >= 4 is 5.91 Å². The summed E-state index contributed by atoms with van der Waals surface area (Å²) in [5.74, 6) is -0.544. The molecule has 0 fully saturated rings. The second-order valence-corrected chi connectivity index (χ2v) is 3.81. The fourth-order valence-electron chi connectivity index (χ4n) is 1.43. The van der Waals surface area contributed by atoms with Gasteiger partial charge < -0.3 is 15.7 Å². The van der Waals surface area contributed by atoms with Crippen LogP contribution in [0.15, 0.2) is 24.3 Å². The SMILES string of the molecule is CNC(=O)C(C)NCC(O)c1cccc(F)c1. The number of benzene rings is 1. The van der Waals surface area contributed by atoms with E-state index in [1.165, 1.54) is 18.2 Å². The summed E-state index contributed by atoms with van der Waals surface area (Å²) in [5.41, 5.74) is 0.488. The minimum atomic E-state index is -0.835. The molecule has 94 valence electrons. The first-order valence-electron chi connectivity index (χ1n) is 5.43. The molecule has 5 heteroatoms. The summed E-state index contributed by atoms with van der Waals surface area (Å²) in [6.45, 7) is 1.88. The quantitative estimate of drug-likeness (QED) is 0.705. The van der Waals surface area contributed by atoms with Crippen LogP contribution in [0.4, 0.5) is 4.39 Å². The summed E-state index contributed by atoms with van der Waals surface area (Å²) in [6, 6.07) is 5.37. The first kappa shape index (κ1) is 13.6. The first-order chi connectivity index (χ1) is 8.04. The Morgan fingerprint density at radius 3 is 2.82 bits per heavy atom. The normalized spacial score (nSPS) is 14.1. The van der Waals surface area contributed by atoms with E-state index in [-0.39, 0.29) is 18.3 Å². The molecule has 0 aromatic heterocycles. The Morgan fingerprint density at radius 2 is 2.24 bits per heavy atom. The summed E-state index contributed by atoms with van der Waals surface area (Å²) in [6.07, 6.45) is -0.835. The Labute approximate surface area is 99.8 Å². The molecular weight excluding hydrogens is 223 g/mol. The zero-order chi connectivity index (χ0) is 12.8. The zero-order valence-corrected chi connectivity index (χ0v) is 9.90. The van der Waals surface area contributed by atoms with E-state index < -0.39 is 12.1 Å². The maximum Gasteiger partial charge on any atom is 0.236 e. The summed E-state index contributed by atoms with van der Waals surface area (Å²) in [5, 5.41) is 15.1. The van der Waals surface area contributed by atoms with Crippen molar-refractivity contribution in [3.05, 3.63) is 35.6 Å². The molecule has 17 heavy (non-hydrogen) atoms. The lowest BCUT2D eigenvalue weighted by molar-refractivity contribution is -0.122. The van der Waals surface area contributed by atoms with Gasteiger partial charge in [-0.1, -0.05) is 12.1 Å². The molecule has 4 nitrogen and oxygen atoms in total. The monoisotopic (exact) mass is 240 g/mol. The summed E-state index contributed by atoms with van der Waals surface area (Å²) in [4.78, 5) is 11.2. The number of aliphatic hydroxyl groups is 1. The highest BCUT2D eigenvalue weighted by molar-refractivity contribution is 5.80. The van der Waals surface area contributed by atoms with Gasteiger partial charge >= 0.3 is 0 Å². The van der Waals surface area contributed by atoms with Gasteiger partial charge in [0.05, 0.1) is 12.1 Å². The van der Waals surface area contributed by atoms with E-state index in [0.29, 0.717) is 5.56 Å². The van der Waals surface area contributed by atoms with Crippen LogP contribution in [0, 0.1) is 5.82 Å². The van der Waals surface area contributed by atoms with Crippen LogP contribution in [0.1, 0.15) is 18.6 Å². The molecule has 3 N–H and O–H groups in total. The highest BCUT2D eigenvalue weighted by Gasteiger charge is 2.13. The van der Waals surface area contributed by atoms with Gasteiger partial charge in [0.1, 0.15) is 5.82 Å². The first-order valence-corrected chi connectivity index (χ1v) is 5.43. The average Bonchev–Trinajstić information content (AvgIpc) is 2.34. The minimum Gasteiger partial charge on any atom is -0.387 e. The van der Waals surface area contributed by atoms with E-state index >= 15 is 0 Å². The van der Waals surface area contributed by atoms with Crippen molar-refractivity contribution < 1.29 is 14.3 Å². The van der Waals surface area contributed by atoms with Crippen LogP contribution in [0.3, 0.4) is 0 Å². The Hall–Kier alpha value is -1.46. The van der Waals surface area contributed by atoms with Crippen molar-refractivity contribution in [2.24, 2.45) is 0 Å². The number of aliphatic hydroxyl groups excluding tert-OH is 1. The molecule has 2 unspecified atom stereocenters. The van der Waals surface area contributed by atoms with E-state index in [0.717, 1.165) is 0 Å². The van der Waals surface area contributed by atoms with Gasteiger partial charge in [-0.05, 0) is 24.6 Å². The van der Waals surface area contributed by atoms with Crippen molar-refractivity contribution in [3.63, 3.8) is 0 Å². The van der Waals surface area contributed by atoms with Crippen LogP contribution in [0.5, 0.6) is 0 Å². The lowest BCUT2D eigenvalue weighted by Gasteiger charge is -2.16. The summed E-state index contributed by atoms with van der Waals surface area (Å²) < 4.78 is 12.9. The molecule has 1 aromatic carbocycles. The predicted octanol–water partition coefficient (Wildman–Crippen LogP) is 0.583. The minimum absolute atomic E-state index is 0.156. The molecule has 1 rings (SSSR count). The van der Waals surface area contributed by atoms with Crippen molar-refractivity contribution in [2.75, 3.05) is 13.6 Å². The molecule has 2 atom stereocenters. The number of carbonyl (C=O) groups is 1. The number of likely N-dealkylation sites (N-methyl/N-ethyl adjacent to an activating group) is 1. The van der Waals surface area contributed by atoms with Crippen molar-refractivity contribution in [3.8, 4) is 0 Å². The lowest BCUT2D eigenvalue weighted by atomic mass is 10.1. The summed E-state index contributed by atoms with van der Waals surface area (Å²) >= 11 is 0. The van der Waals surface area contributed by atoms with Gasteiger partial charge in [-0.2, -0.15) is 0 Å². The Balaban J connectivity index is 2.50. The van der Waals surface area contributed by atoms with Gasteiger partial charge in [-0.15, -0.1) is 0 Å². The third-order valence-corrected chi connectivity index (χ3v) is 2.49. The molecular formula is C12H17FN2O2. The molecule has 0 aliphatic heterocycles. The second kappa shape index (κ2) is 6.32. The summed E-state index contributed by atoms with van der Waals surface area (Å²) in [7, 11) is 1.55. The highest BCUT2D eigenvalue weighted by atomic mass is 19.1. The standard InChI is InChI=1S/C12H17FN2O2/c1-8(12(17)14-2)15-7-11(16)9-4-3-5-10(13)6-9/h3-6,8,11,15-16H,7H2,1-2H3,(H,14,17). The highest BCUT2D eigenvalue weighted by Crippen LogP contribution is 2.13. The van der Waals surface area contributed by atoms with Gasteiger partial charge in [0, 0.05) is 13.6 Å². The molecule has 0 bridgehead atoms. The topological polar surface area (TPSA) is 61.4 Å². The maximum atomic E-state index is 12.9. The van der Waals surface area contributed by atoms with Crippen LogP contribution in [-0.4, -0.2) is 30.6 Å². The fourth-order valence-corrected chi connectivity index (χ4v) is 1.43. The van der Waals surface area contributed by atoms with Crippen LogP contribution in [-0.2, 0) is 4.79 Å². The molecule has 0 spiro atoms. The molecule has 0 radical (unpaired) electrons. The molecule has 0 aliphatic carbocycles. The molecule has 0 saturated carbocycles. The van der Waals surface area contributed by atoms with Gasteiger partial charge in [0.25, 0.3) is 0 Å². The van der Waals surface area contributed by atoms with E-state index in [9.17, 15) is 14.3 Å². The number of hydrogen-bond acceptors (Lipinski definition) is 3. The van der Waals surface area contributed by atoms with Crippen molar-refractivity contribution in [1.82, 2.24) is 10.6 Å². The van der Waals surface area contributed by atoms with Crippen LogP contribution in [0.2, 0.25) is 0 Å². The van der Waals surface area contributed by atoms with Crippen LogP contribution in [0.25, 0.3) is 0 Å². The largest absolute Gasteiger partial charge is 0.387 e. The Morgan fingerprint density at radius 1 is 1.53 bits per heavy atom. The van der Waals surface area contributed by atoms with Gasteiger partial charge in [-0.25, -0.2) is 4.39 Å². The van der Waals surface area contributed by atoms with Crippen LogP contribution < -0.4 is 10.6 Å². The molecule has 0 aliphatic rings. The maximum absolute atomic E-state index is 12.9. The molecule has 1 amide bonds. The zero-order valence-electron chi connectivity index (χ0n) is 9.90. The van der Waals surface area contributed by atoms with E-state index in [4.69, 9.17) is 0 Å². The van der Waals surface area contributed by atoms with Gasteiger partial charge in [0.2, 0.25) is 5.91 Å². The molecule has 0 saturated heterocycles. The predicted molar refractivity (Wildman–Crippen MR) is 62.9 cm³/mol. The van der Waals surface area contributed by atoms with E-state index in [1.54, 1.807) is 20.0 Å². The third kappa shape index (κ3) is 4.13. The number of hydrogen-bond donors (Lipinski definition) is 3. The van der Waals surface area contributed by atoms with Gasteiger partial charge in [0.15, 0.2) is 0 Å². The number of rotatable bonds is 5. The number of halogens is 1. The van der Waals surface area contributed by atoms with E-state index in [1.807, 2.05) is 0 Å². The molecule has 1 aromatic rings. The Kier molecular flexibility index (Phi) is 5.06. The lowest BCUT2D eigenvalue weighted by Crippen LogP contribution is -2.42. The molecule has 0 heterocycles. The van der Waals surface area contributed by atoms with Crippen molar-refractivity contribution in [2.45, 2.75) is 19.1 Å². The number of nitrogens with one attached hydrogen (secondary N) is 2. The number of amides is 1. The Bertz CT molecular complexity index is 385. The number of carbonyl (C=O) groups excluding carboxylic acids is 1. The van der Waals surface area contributed by atoms with Crippen LogP contribution >= 0.6 is 0 Å². The third-order valence-electron chi connectivity index (χ3n) is 2.49. The smallest absolute Gasteiger partial charge is 0.236 e. The fraction of sp³-hybridized carbons (Fsp3) is 0.417. The van der Waals surface area contributed by atoms with Gasteiger partial charge in [-0.3, -0.25) is 4.79 Å². The average molecular weight is 240 g/mol. The van der Waals surface area contributed by atoms with E-state index in [2.05, 4.69) is 10.6 Å². The second-order valence-electron chi connectivity index (χ2n) is 3.81.